The molecular formula is C21H29N3O3. The molecule has 0 aliphatic carbocycles. The molecule has 0 radical (unpaired) electrons. The molecule has 6 heteroatoms. The summed E-state index contributed by atoms with van der Waals surface area (Å²) in [6.45, 7) is 8.57. The van der Waals surface area contributed by atoms with Gasteiger partial charge >= 0.3 is 6.09 Å². The number of aromatic nitrogens is 1. The van der Waals surface area contributed by atoms with E-state index in [4.69, 9.17) is 4.74 Å². The number of amides is 2. The summed E-state index contributed by atoms with van der Waals surface area (Å²) >= 11 is 0. The van der Waals surface area contributed by atoms with Crippen molar-refractivity contribution in [3.05, 3.63) is 35.5 Å². The number of carbonyl (C=O) groups excluding carboxylic acids is 2. The van der Waals surface area contributed by atoms with Gasteiger partial charge in [-0.05, 0) is 64.3 Å². The van der Waals surface area contributed by atoms with Gasteiger partial charge in [-0.25, -0.2) is 4.79 Å². The van der Waals surface area contributed by atoms with Crippen molar-refractivity contribution in [2.75, 3.05) is 6.54 Å². The molecule has 1 atom stereocenters. The molecule has 0 bridgehead atoms. The fourth-order valence-corrected chi connectivity index (χ4v) is 3.53. The van der Waals surface area contributed by atoms with Gasteiger partial charge in [0.25, 0.3) is 0 Å². The summed E-state index contributed by atoms with van der Waals surface area (Å²) in [5.41, 5.74) is 2.85. The van der Waals surface area contributed by atoms with Gasteiger partial charge in [-0.2, -0.15) is 0 Å². The first-order valence-corrected chi connectivity index (χ1v) is 9.48. The second-order valence-corrected chi connectivity index (χ2v) is 8.29. The van der Waals surface area contributed by atoms with Crippen LogP contribution in [-0.4, -0.2) is 39.7 Å². The Bertz CT molecular complexity index is 863. The van der Waals surface area contributed by atoms with E-state index in [-0.39, 0.29) is 5.91 Å². The molecule has 0 spiro atoms. The Morgan fingerprint density at radius 2 is 2.00 bits per heavy atom. The van der Waals surface area contributed by atoms with Crippen LogP contribution in [0.4, 0.5) is 4.79 Å². The van der Waals surface area contributed by atoms with Crippen molar-refractivity contribution in [3.8, 4) is 0 Å². The third-order valence-electron chi connectivity index (χ3n) is 5.00. The Morgan fingerprint density at radius 3 is 2.70 bits per heavy atom. The Morgan fingerprint density at radius 1 is 1.26 bits per heavy atom. The van der Waals surface area contributed by atoms with E-state index in [1.165, 1.54) is 11.2 Å². The number of fused-ring (bicyclic) bond motifs is 1. The van der Waals surface area contributed by atoms with E-state index in [1.807, 2.05) is 33.9 Å². The normalized spacial score (nSPS) is 17.4. The summed E-state index contributed by atoms with van der Waals surface area (Å²) in [6, 6.07) is 7.89. The number of hydrogen-bond donors (Lipinski definition) is 1. The molecule has 1 unspecified atom stereocenters. The molecule has 1 N–H and O–H groups in total. The summed E-state index contributed by atoms with van der Waals surface area (Å²) in [5, 5.41) is 4.14. The highest BCUT2D eigenvalue weighted by atomic mass is 16.6. The number of ether oxygens (including phenoxy) is 1. The molecule has 146 valence electrons. The molecule has 1 fully saturated rings. The van der Waals surface area contributed by atoms with Gasteiger partial charge in [0.05, 0.1) is 0 Å². The molecule has 2 aromatic rings. The lowest BCUT2D eigenvalue weighted by atomic mass is 10.1. The summed E-state index contributed by atoms with van der Waals surface area (Å²) in [4.78, 5) is 26.6. The van der Waals surface area contributed by atoms with Gasteiger partial charge in [0.15, 0.2) is 0 Å². The van der Waals surface area contributed by atoms with Crippen molar-refractivity contribution < 1.29 is 14.3 Å². The third-order valence-corrected chi connectivity index (χ3v) is 5.00. The lowest BCUT2D eigenvalue weighted by molar-refractivity contribution is -0.125. The monoisotopic (exact) mass is 371 g/mol. The average molecular weight is 371 g/mol. The lowest BCUT2D eigenvalue weighted by Crippen LogP contribution is -2.47. The highest BCUT2D eigenvalue weighted by Gasteiger charge is 2.36. The molecule has 2 heterocycles. The van der Waals surface area contributed by atoms with E-state index in [1.54, 1.807) is 4.90 Å². The Balaban J connectivity index is 1.64. The van der Waals surface area contributed by atoms with Gasteiger partial charge in [-0.3, -0.25) is 9.69 Å². The van der Waals surface area contributed by atoms with Crippen LogP contribution in [0.25, 0.3) is 10.9 Å². The van der Waals surface area contributed by atoms with Crippen LogP contribution < -0.4 is 5.32 Å². The van der Waals surface area contributed by atoms with E-state index >= 15 is 0 Å². The maximum Gasteiger partial charge on any atom is 0.410 e. The molecule has 1 aromatic heterocycles. The van der Waals surface area contributed by atoms with Crippen LogP contribution in [0.2, 0.25) is 0 Å². The lowest BCUT2D eigenvalue weighted by Gasteiger charge is -2.28. The van der Waals surface area contributed by atoms with Crippen LogP contribution in [0.1, 0.15) is 44.9 Å². The minimum Gasteiger partial charge on any atom is -0.444 e. The first-order chi connectivity index (χ1) is 12.7. The van der Waals surface area contributed by atoms with E-state index < -0.39 is 17.7 Å². The van der Waals surface area contributed by atoms with Gasteiger partial charge < -0.3 is 14.6 Å². The van der Waals surface area contributed by atoms with E-state index in [9.17, 15) is 9.59 Å². The molecule has 1 aliphatic heterocycles. The van der Waals surface area contributed by atoms with Crippen LogP contribution in [0.5, 0.6) is 0 Å². The maximum absolute atomic E-state index is 12.7. The van der Waals surface area contributed by atoms with Gasteiger partial charge in [-0.15, -0.1) is 0 Å². The molecule has 1 aliphatic rings. The standard InChI is InChI=1S/C21H29N3O3/c1-14-11-16-12-15(8-9-17(16)23(14)5)13-22-19(25)18-7-6-10-24(18)20(26)27-21(2,3)4/h8-9,11-12,18H,6-7,10,13H2,1-5H3,(H,22,25). The number of aryl methyl sites for hydroxylation is 2. The zero-order valence-corrected chi connectivity index (χ0v) is 16.8. The first-order valence-electron chi connectivity index (χ1n) is 9.48. The predicted molar refractivity (Wildman–Crippen MR) is 105 cm³/mol. The summed E-state index contributed by atoms with van der Waals surface area (Å²) in [6.07, 6.45) is 1.07. The molecule has 1 saturated heterocycles. The Labute approximate surface area is 160 Å². The van der Waals surface area contributed by atoms with Crippen molar-refractivity contribution in [1.29, 1.82) is 0 Å². The molecule has 3 rings (SSSR count). The largest absolute Gasteiger partial charge is 0.444 e. The van der Waals surface area contributed by atoms with Crippen molar-refractivity contribution >= 4 is 22.9 Å². The molecule has 27 heavy (non-hydrogen) atoms. The van der Waals surface area contributed by atoms with Crippen LogP contribution in [0, 0.1) is 6.92 Å². The highest BCUT2D eigenvalue weighted by molar-refractivity contribution is 5.86. The Hall–Kier alpha value is -2.50. The smallest absolute Gasteiger partial charge is 0.410 e. The topological polar surface area (TPSA) is 63.6 Å². The number of nitrogens with one attached hydrogen (secondary N) is 1. The molecule has 1 aromatic carbocycles. The number of rotatable bonds is 3. The van der Waals surface area contributed by atoms with Gasteiger partial charge in [-0.1, -0.05) is 6.07 Å². The fraction of sp³-hybridized carbons (Fsp3) is 0.524. The zero-order chi connectivity index (χ0) is 19.8. The van der Waals surface area contributed by atoms with Crippen molar-refractivity contribution in [1.82, 2.24) is 14.8 Å². The summed E-state index contributed by atoms with van der Waals surface area (Å²) in [5.74, 6) is -0.123. The van der Waals surface area contributed by atoms with Gasteiger partial charge in [0.1, 0.15) is 11.6 Å². The number of nitrogens with zero attached hydrogens (tertiary/aromatic N) is 2. The third kappa shape index (κ3) is 4.26. The van der Waals surface area contributed by atoms with Crippen LogP contribution in [0.3, 0.4) is 0 Å². The minimum absolute atomic E-state index is 0.123. The number of hydrogen-bond acceptors (Lipinski definition) is 3. The van der Waals surface area contributed by atoms with Gasteiger partial charge in [0, 0.05) is 36.7 Å². The Kier molecular flexibility index (Phi) is 5.18. The van der Waals surface area contributed by atoms with Crippen LogP contribution in [0.15, 0.2) is 24.3 Å². The van der Waals surface area contributed by atoms with E-state index in [0.29, 0.717) is 19.5 Å². The summed E-state index contributed by atoms with van der Waals surface area (Å²) in [7, 11) is 2.05. The quantitative estimate of drug-likeness (QED) is 0.898. The van der Waals surface area contributed by atoms with Crippen LogP contribution >= 0.6 is 0 Å². The van der Waals surface area contributed by atoms with E-state index in [0.717, 1.165) is 17.4 Å². The van der Waals surface area contributed by atoms with Crippen molar-refractivity contribution in [2.24, 2.45) is 7.05 Å². The average Bonchev–Trinajstić information content (AvgIpc) is 3.17. The zero-order valence-electron chi connectivity index (χ0n) is 16.8. The number of carbonyl (C=O) groups is 2. The molecule has 6 nitrogen and oxygen atoms in total. The first kappa shape index (κ1) is 19.3. The van der Waals surface area contributed by atoms with Crippen LogP contribution in [-0.2, 0) is 23.1 Å². The molecular weight excluding hydrogens is 342 g/mol. The van der Waals surface area contributed by atoms with Crippen molar-refractivity contribution in [2.45, 2.75) is 58.7 Å². The number of likely N-dealkylation sites (tertiary alicyclic amines) is 1. The predicted octanol–water partition coefficient (Wildman–Crippen LogP) is 3.50. The second kappa shape index (κ2) is 7.25. The molecule has 2 amide bonds. The second-order valence-electron chi connectivity index (χ2n) is 8.29. The fourth-order valence-electron chi connectivity index (χ4n) is 3.53. The van der Waals surface area contributed by atoms with E-state index in [2.05, 4.69) is 35.0 Å². The van der Waals surface area contributed by atoms with Gasteiger partial charge in [0.2, 0.25) is 5.91 Å². The summed E-state index contributed by atoms with van der Waals surface area (Å²) < 4.78 is 7.58. The molecule has 0 saturated carbocycles. The minimum atomic E-state index is -0.566. The number of benzene rings is 1. The van der Waals surface area contributed by atoms with Crippen molar-refractivity contribution in [3.63, 3.8) is 0 Å². The SMILES string of the molecule is Cc1cc2cc(CNC(=O)C3CCCN3C(=O)OC(C)(C)C)ccc2n1C. The highest BCUT2D eigenvalue weighted by Crippen LogP contribution is 2.22. The maximum atomic E-state index is 12.7.